The van der Waals surface area contributed by atoms with Gasteiger partial charge in [0.2, 0.25) is 5.91 Å². The van der Waals surface area contributed by atoms with Crippen LogP contribution >= 0.6 is 31.9 Å². The number of alkyl halides is 2. The number of anilines is 1. The van der Waals surface area contributed by atoms with E-state index in [1.807, 2.05) is 13.8 Å². The van der Waals surface area contributed by atoms with Gasteiger partial charge in [-0.05, 0) is 25.0 Å². The minimum absolute atomic E-state index is 0.213. The Labute approximate surface area is 164 Å². The second-order valence-corrected chi connectivity index (χ2v) is 7.70. The number of carbonyl (C=O) groups is 3. The minimum Gasteiger partial charge on any atom is -0.324 e. The third kappa shape index (κ3) is 7.15. The molecule has 0 radical (unpaired) electrons. The second-order valence-electron chi connectivity index (χ2n) is 5.49. The van der Waals surface area contributed by atoms with Crippen LogP contribution in [-0.4, -0.2) is 27.4 Å². The fourth-order valence-electron chi connectivity index (χ4n) is 2.03. The number of rotatable bonds is 8. The number of para-hydroxylation sites is 1. The molecule has 3 amide bonds. The highest BCUT2D eigenvalue weighted by Gasteiger charge is 2.19. The Balaban J connectivity index is 2.73. The van der Waals surface area contributed by atoms with Gasteiger partial charge in [0.15, 0.2) is 0 Å². The lowest BCUT2D eigenvalue weighted by molar-refractivity contribution is -0.121. The lowest BCUT2D eigenvalue weighted by Gasteiger charge is -2.15. The summed E-state index contributed by atoms with van der Waals surface area (Å²) in [5, 5.41) is 2.74. The third-order valence-corrected chi connectivity index (χ3v) is 5.13. The van der Waals surface area contributed by atoms with E-state index < -0.39 is 5.91 Å². The summed E-state index contributed by atoms with van der Waals surface area (Å²) < 4.78 is 0. The fraction of sp³-hybridized carbons (Fsp3) is 0.471. The van der Waals surface area contributed by atoms with Crippen LogP contribution in [0.5, 0.6) is 0 Å². The lowest BCUT2D eigenvalue weighted by Crippen LogP contribution is -2.45. The lowest BCUT2D eigenvalue weighted by atomic mass is 10.1. The predicted octanol–water partition coefficient (Wildman–Crippen LogP) is 3.51. The van der Waals surface area contributed by atoms with Crippen molar-refractivity contribution in [2.75, 3.05) is 5.32 Å². The Morgan fingerprint density at radius 1 is 0.920 bits per heavy atom. The highest BCUT2D eigenvalue weighted by Crippen LogP contribution is 2.17. The summed E-state index contributed by atoms with van der Waals surface area (Å²) >= 11 is 6.59. The van der Waals surface area contributed by atoms with Gasteiger partial charge in [0, 0.05) is 0 Å². The van der Waals surface area contributed by atoms with E-state index >= 15 is 0 Å². The molecule has 0 aliphatic carbocycles. The number of nitrogens with one attached hydrogen (secondary N) is 3. The van der Waals surface area contributed by atoms with Crippen LogP contribution < -0.4 is 16.2 Å². The van der Waals surface area contributed by atoms with Gasteiger partial charge in [0.05, 0.1) is 20.9 Å². The van der Waals surface area contributed by atoms with Crippen molar-refractivity contribution in [2.45, 2.75) is 49.2 Å². The first kappa shape index (κ1) is 21.6. The van der Waals surface area contributed by atoms with Gasteiger partial charge < -0.3 is 5.32 Å². The molecule has 0 fully saturated rings. The van der Waals surface area contributed by atoms with Crippen LogP contribution in [0.3, 0.4) is 0 Å². The van der Waals surface area contributed by atoms with E-state index in [9.17, 15) is 14.4 Å². The highest BCUT2D eigenvalue weighted by molar-refractivity contribution is 9.10. The average Bonchev–Trinajstić information content (AvgIpc) is 2.60. The number of hydrogen-bond acceptors (Lipinski definition) is 3. The molecule has 138 valence electrons. The molecular formula is C17H23Br2N3O3. The molecule has 3 N–H and O–H groups in total. The van der Waals surface area contributed by atoms with E-state index in [1.165, 1.54) is 0 Å². The molecule has 2 unspecified atom stereocenters. The van der Waals surface area contributed by atoms with Crippen LogP contribution in [0, 0.1) is 0 Å². The van der Waals surface area contributed by atoms with Crippen molar-refractivity contribution >= 4 is 55.3 Å². The molecule has 0 heterocycles. The molecule has 0 saturated carbocycles. The molecule has 0 bridgehead atoms. The molecule has 1 aromatic carbocycles. The molecular weight excluding hydrogens is 454 g/mol. The Morgan fingerprint density at radius 3 is 2.08 bits per heavy atom. The molecule has 8 heteroatoms. The summed E-state index contributed by atoms with van der Waals surface area (Å²) in [5.41, 5.74) is 5.42. The zero-order chi connectivity index (χ0) is 18.8. The van der Waals surface area contributed by atoms with Crippen LogP contribution in [-0.2, 0) is 9.59 Å². The Kier molecular flexibility index (Phi) is 9.74. The van der Waals surface area contributed by atoms with Gasteiger partial charge in [0.1, 0.15) is 0 Å². The molecule has 0 spiro atoms. The average molecular weight is 477 g/mol. The van der Waals surface area contributed by atoms with Crippen LogP contribution in [0.2, 0.25) is 0 Å². The molecule has 2 atom stereocenters. The summed E-state index contributed by atoms with van der Waals surface area (Å²) in [7, 11) is 0. The van der Waals surface area contributed by atoms with Crippen LogP contribution in [0.4, 0.5) is 5.69 Å². The van der Waals surface area contributed by atoms with Crippen molar-refractivity contribution in [2.24, 2.45) is 0 Å². The normalized spacial score (nSPS) is 12.8. The quantitative estimate of drug-likeness (QED) is 0.396. The van der Waals surface area contributed by atoms with Crippen molar-refractivity contribution in [3.8, 4) is 0 Å². The summed E-state index contributed by atoms with van der Waals surface area (Å²) in [4.78, 5) is 35.6. The smallest absolute Gasteiger partial charge is 0.271 e. The molecule has 1 aromatic rings. The predicted molar refractivity (Wildman–Crippen MR) is 106 cm³/mol. The maximum Gasteiger partial charge on any atom is 0.271 e. The molecule has 1 rings (SSSR count). The molecule has 0 aliphatic rings. The first-order chi connectivity index (χ1) is 11.9. The van der Waals surface area contributed by atoms with Crippen LogP contribution in [0.25, 0.3) is 0 Å². The standard InChI is InChI=1S/C17H23Br2N3O3/c1-3-7-12(18)16(24)20-14-10-6-5-9-11(14)15(23)21-22-17(25)13(19)8-4-2/h5-6,9-10,12-13H,3-4,7-8H2,1-2H3,(H,20,24)(H,21,23)(H,22,25). The molecule has 25 heavy (non-hydrogen) atoms. The van der Waals surface area contributed by atoms with Gasteiger partial charge in [-0.25, -0.2) is 0 Å². The summed E-state index contributed by atoms with van der Waals surface area (Å²) in [6, 6.07) is 6.64. The van der Waals surface area contributed by atoms with Crippen molar-refractivity contribution in [1.82, 2.24) is 10.9 Å². The monoisotopic (exact) mass is 475 g/mol. The van der Waals surface area contributed by atoms with Crippen molar-refractivity contribution in [1.29, 1.82) is 0 Å². The van der Waals surface area contributed by atoms with Crippen molar-refractivity contribution in [3.05, 3.63) is 29.8 Å². The van der Waals surface area contributed by atoms with Crippen LogP contribution in [0.15, 0.2) is 24.3 Å². The van der Waals surface area contributed by atoms with Gasteiger partial charge in [-0.2, -0.15) is 0 Å². The van der Waals surface area contributed by atoms with E-state index in [0.29, 0.717) is 18.5 Å². The zero-order valence-corrected chi connectivity index (χ0v) is 17.4. The van der Waals surface area contributed by atoms with E-state index in [1.54, 1.807) is 24.3 Å². The number of halogens is 2. The number of hydrogen-bond donors (Lipinski definition) is 3. The van der Waals surface area contributed by atoms with E-state index in [4.69, 9.17) is 0 Å². The maximum atomic E-state index is 12.3. The van der Waals surface area contributed by atoms with Gasteiger partial charge in [-0.1, -0.05) is 70.7 Å². The highest BCUT2D eigenvalue weighted by atomic mass is 79.9. The fourth-order valence-corrected chi connectivity index (χ4v) is 3.18. The number of amides is 3. The molecule has 0 saturated heterocycles. The van der Waals surface area contributed by atoms with Gasteiger partial charge >= 0.3 is 0 Å². The van der Waals surface area contributed by atoms with Crippen molar-refractivity contribution < 1.29 is 14.4 Å². The first-order valence-corrected chi connectivity index (χ1v) is 10.0. The summed E-state index contributed by atoms with van der Waals surface area (Å²) in [6.45, 7) is 3.95. The van der Waals surface area contributed by atoms with E-state index in [-0.39, 0.29) is 27.0 Å². The second kappa shape index (κ2) is 11.3. The summed E-state index contributed by atoms with van der Waals surface area (Å²) in [6.07, 6.45) is 3.07. The summed E-state index contributed by atoms with van der Waals surface area (Å²) in [5.74, 6) is -1.03. The largest absolute Gasteiger partial charge is 0.324 e. The van der Waals surface area contributed by atoms with Gasteiger partial charge in [-0.3, -0.25) is 25.2 Å². The minimum atomic E-state index is -0.498. The Morgan fingerprint density at radius 2 is 1.48 bits per heavy atom. The number of benzene rings is 1. The van der Waals surface area contributed by atoms with Gasteiger partial charge in [0.25, 0.3) is 11.8 Å². The van der Waals surface area contributed by atoms with Crippen molar-refractivity contribution in [3.63, 3.8) is 0 Å². The SMILES string of the molecule is CCCC(Br)C(=O)NNC(=O)c1ccccc1NC(=O)C(Br)CCC. The number of carbonyl (C=O) groups excluding carboxylic acids is 3. The number of hydrazine groups is 1. The topological polar surface area (TPSA) is 87.3 Å². The Hall–Kier alpha value is -1.41. The maximum absolute atomic E-state index is 12.3. The van der Waals surface area contributed by atoms with E-state index in [2.05, 4.69) is 48.0 Å². The third-order valence-electron chi connectivity index (χ3n) is 3.38. The first-order valence-electron chi connectivity index (χ1n) is 8.18. The molecule has 0 aliphatic heterocycles. The Bertz CT molecular complexity index is 611. The molecule has 6 nitrogen and oxygen atoms in total. The van der Waals surface area contributed by atoms with E-state index in [0.717, 1.165) is 12.8 Å². The van der Waals surface area contributed by atoms with Crippen LogP contribution in [0.1, 0.15) is 49.9 Å². The molecule has 0 aromatic heterocycles. The zero-order valence-electron chi connectivity index (χ0n) is 14.3. The van der Waals surface area contributed by atoms with Gasteiger partial charge in [-0.15, -0.1) is 0 Å².